The van der Waals surface area contributed by atoms with Crippen molar-refractivity contribution in [3.8, 4) is 0 Å². The SMILES string of the molecule is Cc1ccc(C[C@@H]2CCCN2C[C@@H](O)CO[C@H](C)c2cc(F)c(F)cc2CCCCC(=O)O)cc1F. The van der Waals surface area contributed by atoms with E-state index in [1.807, 2.05) is 6.07 Å². The maximum absolute atomic E-state index is 14.0. The molecule has 2 aromatic carbocycles. The highest BCUT2D eigenvalue weighted by molar-refractivity contribution is 5.66. The highest BCUT2D eigenvalue weighted by Gasteiger charge is 2.27. The van der Waals surface area contributed by atoms with Gasteiger partial charge in [-0.1, -0.05) is 12.1 Å². The molecular formula is C28H36F3NO4. The number of hydrogen-bond acceptors (Lipinski definition) is 4. The molecule has 2 aromatic rings. The average Bonchev–Trinajstić information content (AvgIpc) is 3.25. The zero-order valence-electron chi connectivity index (χ0n) is 21.0. The first-order valence-corrected chi connectivity index (χ1v) is 12.6. The second-order valence-electron chi connectivity index (χ2n) is 9.77. The average molecular weight is 508 g/mol. The number of ether oxygens (including phenoxy) is 1. The predicted octanol–water partition coefficient (Wildman–Crippen LogP) is 5.36. The number of carboxylic acid groups (broad SMARTS) is 1. The molecule has 198 valence electrons. The van der Waals surface area contributed by atoms with Crippen LogP contribution in [-0.4, -0.2) is 52.9 Å². The Labute approximate surface area is 210 Å². The number of unbranched alkanes of at least 4 members (excludes halogenated alkanes) is 1. The Kier molecular flexibility index (Phi) is 10.3. The van der Waals surface area contributed by atoms with Gasteiger partial charge >= 0.3 is 5.97 Å². The minimum Gasteiger partial charge on any atom is -0.481 e. The van der Waals surface area contributed by atoms with Crippen LogP contribution in [0.4, 0.5) is 13.2 Å². The molecule has 0 aliphatic carbocycles. The molecule has 0 bridgehead atoms. The van der Waals surface area contributed by atoms with Crippen LogP contribution in [0.3, 0.4) is 0 Å². The lowest BCUT2D eigenvalue weighted by Crippen LogP contribution is -2.39. The van der Waals surface area contributed by atoms with E-state index in [0.29, 0.717) is 48.9 Å². The molecule has 0 radical (unpaired) electrons. The Morgan fingerprint density at radius 2 is 1.89 bits per heavy atom. The Morgan fingerprint density at radius 1 is 1.14 bits per heavy atom. The Hall–Kier alpha value is -2.42. The van der Waals surface area contributed by atoms with Gasteiger partial charge in [0.1, 0.15) is 5.82 Å². The molecule has 1 heterocycles. The number of β-amino-alcohol motifs (C(OH)–C–C–N with tert-alkyl or cyclic N) is 1. The third-order valence-electron chi connectivity index (χ3n) is 6.90. The molecule has 0 spiro atoms. The van der Waals surface area contributed by atoms with E-state index in [-0.39, 0.29) is 24.9 Å². The fraction of sp³-hybridized carbons (Fsp3) is 0.536. The Morgan fingerprint density at radius 3 is 2.61 bits per heavy atom. The van der Waals surface area contributed by atoms with Crippen molar-refractivity contribution in [3.63, 3.8) is 0 Å². The zero-order valence-corrected chi connectivity index (χ0v) is 21.0. The summed E-state index contributed by atoms with van der Waals surface area (Å²) in [5.41, 5.74) is 2.62. The van der Waals surface area contributed by atoms with E-state index in [1.165, 1.54) is 0 Å². The van der Waals surface area contributed by atoms with Crippen LogP contribution < -0.4 is 0 Å². The second kappa shape index (κ2) is 13.2. The Bertz CT molecular complexity index is 1030. The summed E-state index contributed by atoms with van der Waals surface area (Å²) in [4.78, 5) is 12.9. The summed E-state index contributed by atoms with van der Waals surface area (Å²) in [6.07, 6.45) is 2.73. The van der Waals surface area contributed by atoms with E-state index in [2.05, 4.69) is 4.90 Å². The maximum Gasteiger partial charge on any atom is 0.303 e. The van der Waals surface area contributed by atoms with E-state index in [1.54, 1.807) is 26.0 Å². The van der Waals surface area contributed by atoms with E-state index < -0.39 is 29.8 Å². The summed E-state index contributed by atoms with van der Waals surface area (Å²) in [7, 11) is 0. The van der Waals surface area contributed by atoms with Gasteiger partial charge in [0.2, 0.25) is 0 Å². The number of likely N-dealkylation sites (tertiary alicyclic amines) is 1. The summed E-state index contributed by atoms with van der Waals surface area (Å²) in [6, 6.07) is 7.78. The lowest BCUT2D eigenvalue weighted by Gasteiger charge is -2.28. The van der Waals surface area contributed by atoms with Crippen LogP contribution in [0.1, 0.15) is 67.4 Å². The number of aliphatic carboxylic acids is 1. The monoisotopic (exact) mass is 507 g/mol. The topological polar surface area (TPSA) is 70.0 Å². The number of aryl methyl sites for hydroxylation is 2. The first kappa shape index (κ1) is 28.2. The standard InChI is InChI=1S/C28H36F3NO4/c1-18-9-10-20(13-25(18)29)12-22-7-5-11-32(22)16-23(33)17-36-19(2)24-15-27(31)26(30)14-21(24)6-3-4-8-28(34)35/h9-10,13-15,19,22-23,33H,3-8,11-12,16-17H2,1-2H3,(H,34,35)/t19-,22+,23-/m1/s1. The van der Waals surface area contributed by atoms with Crippen LogP contribution in [0.2, 0.25) is 0 Å². The number of hydrogen-bond donors (Lipinski definition) is 2. The minimum absolute atomic E-state index is 0.0214. The first-order chi connectivity index (χ1) is 17.1. The van der Waals surface area contributed by atoms with Crippen LogP contribution in [0.5, 0.6) is 0 Å². The van der Waals surface area contributed by atoms with Crippen molar-refractivity contribution in [3.05, 3.63) is 70.0 Å². The number of rotatable bonds is 13. The van der Waals surface area contributed by atoms with E-state index in [9.17, 15) is 23.1 Å². The van der Waals surface area contributed by atoms with Crippen molar-refractivity contribution >= 4 is 5.97 Å². The van der Waals surface area contributed by atoms with Crippen LogP contribution in [-0.2, 0) is 22.4 Å². The predicted molar refractivity (Wildman–Crippen MR) is 131 cm³/mol. The smallest absolute Gasteiger partial charge is 0.303 e. The van der Waals surface area contributed by atoms with Crippen molar-refractivity contribution < 1.29 is 32.9 Å². The third kappa shape index (κ3) is 8.05. The summed E-state index contributed by atoms with van der Waals surface area (Å²) in [5.74, 6) is -3.02. The van der Waals surface area contributed by atoms with Gasteiger partial charge in [-0.15, -0.1) is 0 Å². The minimum atomic E-state index is -0.970. The normalized spacial score (nSPS) is 17.9. The first-order valence-electron chi connectivity index (χ1n) is 12.6. The fourth-order valence-electron chi connectivity index (χ4n) is 4.86. The highest BCUT2D eigenvalue weighted by atomic mass is 19.2. The van der Waals surface area contributed by atoms with Crippen LogP contribution >= 0.6 is 0 Å². The van der Waals surface area contributed by atoms with Gasteiger partial charge in [0.25, 0.3) is 0 Å². The molecule has 1 fully saturated rings. The van der Waals surface area contributed by atoms with Gasteiger partial charge < -0.3 is 14.9 Å². The molecule has 0 amide bonds. The van der Waals surface area contributed by atoms with E-state index in [0.717, 1.165) is 37.1 Å². The zero-order chi connectivity index (χ0) is 26.2. The van der Waals surface area contributed by atoms with Crippen molar-refractivity contribution in [2.24, 2.45) is 0 Å². The van der Waals surface area contributed by atoms with Crippen LogP contribution in [0.25, 0.3) is 0 Å². The van der Waals surface area contributed by atoms with Gasteiger partial charge in [0, 0.05) is 19.0 Å². The molecule has 0 saturated carbocycles. The van der Waals surface area contributed by atoms with Gasteiger partial charge in [-0.05, 0) is 99.4 Å². The molecule has 8 heteroatoms. The third-order valence-corrected chi connectivity index (χ3v) is 6.90. The number of aliphatic hydroxyl groups is 1. The number of halogens is 3. The number of carbonyl (C=O) groups is 1. The molecule has 1 aliphatic rings. The van der Waals surface area contributed by atoms with E-state index >= 15 is 0 Å². The van der Waals surface area contributed by atoms with E-state index in [4.69, 9.17) is 9.84 Å². The molecule has 5 nitrogen and oxygen atoms in total. The quantitative estimate of drug-likeness (QED) is 0.358. The van der Waals surface area contributed by atoms with Gasteiger partial charge in [-0.2, -0.15) is 0 Å². The highest BCUT2D eigenvalue weighted by Crippen LogP contribution is 2.27. The maximum atomic E-state index is 14.0. The number of nitrogens with zero attached hydrogens (tertiary/aromatic N) is 1. The van der Waals surface area contributed by atoms with Crippen molar-refractivity contribution in [2.75, 3.05) is 19.7 Å². The molecule has 1 saturated heterocycles. The lowest BCUT2D eigenvalue weighted by atomic mass is 9.97. The van der Waals surface area contributed by atoms with Gasteiger partial charge in [-0.3, -0.25) is 9.69 Å². The van der Waals surface area contributed by atoms with Crippen molar-refractivity contribution in [1.29, 1.82) is 0 Å². The summed E-state index contributed by atoms with van der Waals surface area (Å²) in [5, 5.41) is 19.4. The molecular weight excluding hydrogens is 471 g/mol. The van der Waals surface area contributed by atoms with Gasteiger partial charge in [-0.25, -0.2) is 13.2 Å². The largest absolute Gasteiger partial charge is 0.481 e. The Balaban J connectivity index is 1.54. The number of aliphatic hydroxyl groups excluding tert-OH is 1. The fourth-order valence-corrected chi connectivity index (χ4v) is 4.86. The number of benzene rings is 2. The summed E-state index contributed by atoms with van der Waals surface area (Å²) < 4.78 is 47.6. The summed E-state index contributed by atoms with van der Waals surface area (Å²) >= 11 is 0. The lowest BCUT2D eigenvalue weighted by molar-refractivity contribution is -0.137. The second-order valence-corrected chi connectivity index (χ2v) is 9.77. The molecule has 36 heavy (non-hydrogen) atoms. The van der Waals surface area contributed by atoms with Crippen molar-refractivity contribution in [2.45, 2.75) is 77.0 Å². The van der Waals surface area contributed by atoms with Crippen LogP contribution in [0.15, 0.2) is 30.3 Å². The van der Waals surface area contributed by atoms with Gasteiger partial charge in [0.15, 0.2) is 11.6 Å². The molecule has 0 aromatic heterocycles. The molecule has 0 unspecified atom stereocenters. The molecule has 2 N–H and O–H groups in total. The van der Waals surface area contributed by atoms with Gasteiger partial charge in [0.05, 0.1) is 18.8 Å². The summed E-state index contributed by atoms with van der Waals surface area (Å²) in [6.45, 7) is 4.74. The molecule has 3 atom stereocenters. The van der Waals surface area contributed by atoms with Crippen molar-refractivity contribution in [1.82, 2.24) is 4.90 Å². The number of carboxylic acids is 1. The molecule has 3 rings (SSSR count). The van der Waals surface area contributed by atoms with Crippen LogP contribution in [0, 0.1) is 24.4 Å². The molecule has 1 aliphatic heterocycles.